The van der Waals surface area contributed by atoms with Crippen LogP contribution in [0.2, 0.25) is 0 Å². The van der Waals surface area contributed by atoms with Gasteiger partial charge in [0.1, 0.15) is 18.0 Å². The predicted molar refractivity (Wildman–Crippen MR) is 65.6 cm³/mol. The zero-order valence-corrected chi connectivity index (χ0v) is 11.2. The van der Waals surface area contributed by atoms with Crippen molar-refractivity contribution in [1.29, 1.82) is 0 Å². The van der Waals surface area contributed by atoms with Crippen LogP contribution in [0.25, 0.3) is 0 Å². The Kier molecular flexibility index (Phi) is 3.39. The van der Waals surface area contributed by atoms with Gasteiger partial charge in [-0.15, -0.1) is 0 Å². The second kappa shape index (κ2) is 5.20. The first kappa shape index (κ1) is 13.0. The topological polar surface area (TPSA) is 97.6 Å². The van der Waals surface area contributed by atoms with E-state index >= 15 is 0 Å². The monoisotopic (exact) mass is 280 g/mol. The Morgan fingerprint density at radius 3 is 3.10 bits per heavy atom. The Morgan fingerprint density at radius 2 is 2.35 bits per heavy atom. The number of nitrogens with one attached hydrogen (secondary N) is 1. The van der Waals surface area contributed by atoms with Crippen LogP contribution < -0.4 is 5.32 Å². The highest BCUT2D eigenvalue weighted by atomic mass is 16.6. The van der Waals surface area contributed by atoms with Gasteiger partial charge in [-0.25, -0.2) is 4.63 Å². The quantitative estimate of drug-likeness (QED) is 0.749. The van der Waals surface area contributed by atoms with Crippen molar-refractivity contribution in [1.82, 2.24) is 20.5 Å². The molecule has 3 rings (SSSR count). The van der Waals surface area contributed by atoms with Gasteiger partial charge in [-0.05, 0) is 13.3 Å². The molecule has 3 heterocycles. The molecule has 2 aliphatic rings. The van der Waals surface area contributed by atoms with Gasteiger partial charge in [0, 0.05) is 13.1 Å². The van der Waals surface area contributed by atoms with E-state index in [4.69, 9.17) is 4.74 Å². The van der Waals surface area contributed by atoms with Crippen LogP contribution in [0.1, 0.15) is 17.8 Å². The molecule has 0 unspecified atom stereocenters. The number of carbonyl (C=O) groups is 2. The molecule has 0 bridgehead atoms. The maximum Gasteiger partial charge on any atom is 0.246 e. The van der Waals surface area contributed by atoms with E-state index in [0.717, 1.165) is 6.42 Å². The molecule has 20 heavy (non-hydrogen) atoms. The number of hydrogen-bond donors (Lipinski definition) is 1. The Morgan fingerprint density at radius 1 is 1.50 bits per heavy atom. The molecule has 2 aliphatic heterocycles. The molecule has 0 radical (unpaired) electrons. The minimum Gasteiger partial charge on any atom is -0.366 e. The summed E-state index contributed by atoms with van der Waals surface area (Å²) >= 11 is 0. The Bertz CT molecular complexity index is 529. The molecular weight excluding hydrogens is 264 g/mol. The number of ether oxygens (including phenoxy) is 1. The lowest BCUT2D eigenvalue weighted by atomic mass is 10.00. The lowest BCUT2D eigenvalue weighted by molar-refractivity contribution is -0.146. The summed E-state index contributed by atoms with van der Waals surface area (Å²) in [5.41, 5.74) is 1.18. The van der Waals surface area contributed by atoms with Crippen molar-refractivity contribution in [2.24, 2.45) is 0 Å². The Hall–Kier alpha value is -1.96. The van der Waals surface area contributed by atoms with Crippen LogP contribution >= 0.6 is 0 Å². The van der Waals surface area contributed by atoms with Crippen molar-refractivity contribution in [3.8, 4) is 0 Å². The van der Waals surface area contributed by atoms with Gasteiger partial charge < -0.3 is 15.0 Å². The first-order chi connectivity index (χ1) is 9.63. The van der Waals surface area contributed by atoms with E-state index in [-0.39, 0.29) is 37.0 Å². The Balaban J connectivity index is 1.62. The molecule has 0 spiro atoms. The highest BCUT2D eigenvalue weighted by Crippen LogP contribution is 2.18. The number of amides is 2. The van der Waals surface area contributed by atoms with Gasteiger partial charge in [0.05, 0.1) is 18.6 Å². The first-order valence-corrected chi connectivity index (χ1v) is 6.60. The highest BCUT2D eigenvalue weighted by molar-refractivity contribution is 5.80. The number of aromatic nitrogens is 2. The average molecular weight is 280 g/mol. The normalized spacial score (nSPS) is 26.1. The van der Waals surface area contributed by atoms with Crippen LogP contribution in [0.3, 0.4) is 0 Å². The average Bonchev–Trinajstić information content (AvgIpc) is 2.83. The van der Waals surface area contributed by atoms with Crippen molar-refractivity contribution >= 4 is 11.8 Å². The summed E-state index contributed by atoms with van der Waals surface area (Å²) in [5.74, 6) is -0.167. The number of nitrogens with zero attached hydrogens (tertiary/aromatic N) is 3. The van der Waals surface area contributed by atoms with Crippen molar-refractivity contribution in [2.45, 2.75) is 31.9 Å². The standard InChI is InChI=1S/C12H16N4O4/c1-7-8(15-20-14-7)4-12(18)16-3-2-10-9(5-16)13-11(17)6-19-10/h9-10H,2-6H2,1H3,(H,13,17)/t9-,10-/m0/s1. The number of aryl methyl sites for hydroxylation is 1. The zero-order chi connectivity index (χ0) is 14.1. The molecule has 0 aliphatic carbocycles. The van der Waals surface area contributed by atoms with Crippen LogP contribution in [0.5, 0.6) is 0 Å². The fourth-order valence-electron chi connectivity index (χ4n) is 2.59. The summed E-state index contributed by atoms with van der Waals surface area (Å²) in [7, 11) is 0. The van der Waals surface area contributed by atoms with Crippen LogP contribution in [-0.2, 0) is 20.7 Å². The number of likely N-dealkylation sites (tertiary alicyclic amines) is 1. The molecule has 8 heteroatoms. The first-order valence-electron chi connectivity index (χ1n) is 6.60. The number of carbonyl (C=O) groups excluding carboxylic acids is 2. The van der Waals surface area contributed by atoms with E-state index in [9.17, 15) is 9.59 Å². The van der Waals surface area contributed by atoms with Crippen LogP contribution in [0.4, 0.5) is 0 Å². The van der Waals surface area contributed by atoms with Crippen LogP contribution in [-0.4, -0.2) is 58.9 Å². The lowest BCUT2D eigenvalue weighted by Gasteiger charge is -2.41. The smallest absolute Gasteiger partial charge is 0.246 e. The van der Waals surface area contributed by atoms with Crippen molar-refractivity contribution in [2.75, 3.05) is 19.7 Å². The molecule has 1 aromatic rings. The van der Waals surface area contributed by atoms with E-state index in [1.807, 2.05) is 0 Å². The predicted octanol–water partition coefficient (Wildman–Crippen LogP) is -0.964. The van der Waals surface area contributed by atoms with E-state index in [2.05, 4.69) is 20.3 Å². The molecule has 2 atom stereocenters. The van der Waals surface area contributed by atoms with Gasteiger partial charge in [-0.1, -0.05) is 10.3 Å². The van der Waals surface area contributed by atoms with Crippen molar-refractivity contribution in [3.05, 3.63) is 11.4 Å². The van der Waals surface area contributed by atoms with Crippen LogP contribution in [0.15, 0.2) is 4.63 Å². The SMILES string of the molecule is Cc1nonc1CC(=O)N1CC[C@@H]2OCC(=O)N[C@H]2C1. The van der Waals surface area contributed by atoms with Gasteiger partial charge in [0.25, 0.3) is 0 Å². The third-order valence-corrected chi connectivity index (χ3v) is 3.74. The number of rotatable bonds is 2. The molecule has 0 saturated carbocycles. The summed E-state index contributed by atoms with van der Waals surface area (Å²) in [5, 5.41) is 10.2. The summed E-state index contributed by atoms with van der Waals surface area (Å²) in [6.45, 7) is 2.96. The van der Waals surface area contributed by atoms with Crippen molar-refractivity contribution in [3.63, 3.8) is 0 Å². The highest BCUT2D eigenvalue weighted by Gasteiger charge is 2.36. The molecule has 108 valence electrons. The van der Waals surface area contributed by atoms with Gasteiger partial charge in [-0.2, -0.15) is 0 Å². The lowest BCUT2D eigenvalue weighted by Crippen LogP contribution is -2.61. The van der Waals surface area contributed by atoms with Crippen LogP contribution in [0, 0.1) is 6.92 Å². The van der Waals surface area contributed by atoms with Gasteiger partial charge in [0.15, 0.2) is 0 Å². The van der Waals surface area contributed by atoms with Gasteiger partial charge >= 0.3 is 0 Å². The Labute approximate surface area is 115 Å². The third-order valence-electron chi connectivity index (χ3n) is 3.74. The minimum atomic E-state index is -0.128. The molecule has 2 fully saturated rings. The van der Waals surface area contributed by atoms with Gasteiger partial charge in [0.2, 0.25) is 11.8 Å². The molecule has 2 saturated heterocycles. The van der Waals surface area contributed by atoms with Crippen molar-refractivity contribution < 1.29 is 19.0 Å². The summed E-state index contributed by atoms with van der Waals surface area (Å²) < 4.78 is 10.0. The van der Waals surface area contributed by atoms with E-state index in [1.165, 1.54) is 0 Å². The maximum atomic E-state index is 12.2. The van der Waals surface area contributed by atoms with E-state index < -0.39 is 0 Å². The number of morpholine rings is 1. The van der Waals surface area contributed by atoms with E-state index in [1.54, 1.807) is 11.8 Å². The molecule has 2 amide bonds. The minimum absolute atomic E-state index is 0.00667. The largest absolute Gasteiger partial charge is 0.366 e. The molecule has 1 aromatic heterocycles. The summed E-state index contributed by atoms with van der Waals surface area (Å²) in [4.78, 5) is 25.3. The summed E-state index contributed by atoms with van der Waals surface area (Å²) in [6, 6.07) is -0.120. The fourth-order valence-corrected chi connectivity index (χ4v) is 2.59. The second-order valence-corrected chi connectivity index (χ2v) is 5.12. The summed E-state index contributed by atoms with van der Waals surface area (Å²) in [6.07, 6.45) is 0.904. The number of hydrogen-bond acceptors (Lipinski definition) is 6. The molecule has 1 N–H and O–H groups in total. The number of fused-ring (bicyclic) bond motifs is 1. The maximum absolute atomic E-state index is 12.2. The number of piperidine rings is 1. The third kappa shape index (κ3) is 2.51. The van der Waals surface area contributed by atoms with Gasteiger partial charge in [-0.3, -0.25) is 9.59 Å². The zero-order valence-electron chi connectivity index (χ0n) is 11.2. The fraction of sp³-hybridized carbons (Fsp3) is 0.667. The molecular formula is C12H16N4O4. The molecule has 8 nitrogen and oxygen atoms in total. The van der Waals surface area contributed by atoms with E-state index in [0.29, 0.717) is 24.5 Å². The molecule has 0 aromatic carbocycles. The second-order valence-electron chi connectivity index (χ2n) is 5.12.